The number of aliphatic hydroxyl groups excluding tert-OH is 2. The van der Waals surface area contributed by atoms with Crippen molar-refractivity contribution in [1.29, 1.82) is 0 Å². The average Bonchev–Trinajstić information content (AvgIpc) is 0.860. The van der Waals surface area contributed by atoms with Crippen LogP contribution in [0.15, 0.2) is 91.0 Å². The molecule has 4 N–H and O–H groups in total. The number of benzene rings is 5. The third kappa shape index (κ3) is 26.1. The number of piperazine rings is 5. The van der Waals surface area contributed by atoms with Gasteiger partial charge in [0.15, 0.2) is 0 Å². The molecule has 0 radical (unpaired) electrons. The van der Waals surface area contributed by atoms with Gasteiger partial charge < -0.3 is 88.7 Å². The molecule has 5 saturated heterocycles. The Morgan fingerprint density at radius 3 is 0.890 bits per heavy atom. The fraction of sp³-hybridized carbons (Fsp3) is 0.527. The van der Waals surface area contributed by atoms with Crippen LogP contribution in [0.5, 0.6) is 0 Å². The maximum Gasteiger partial charge on any atom is 0.410 e. The van der Waals surface area contributed by atoms with Gasteiger partial charge in [-0.2, -0.15) is 0 Å². The van der Waals surface area contributed by atoms with E-state index in [1.807, 2.05) is 99.8 Å². The molecule has 3 amide bonds. The summed E-state index contributed by atoms with van der Waals surface area (Å²) in [6, 6.07) is 24.1. The van der Waals surface area contributed by atoms with Gasteiger partial charge in [0.2, 0.25) is 13.1 Å². The Morgan fingerprint density at radius 2 is 0.640 bits per heavy atom. The lowest BCUT2D eigenvalue weighted by atomic mass is 10.1. The van der Waals surface area contributed by atoms with Gasteiger partial charge >= 0.3 is 18.3 Å². The molecule has 10 rings (SSSR count). The predicted molar refractivity (Wildman–Crippen MR) is 380 cm³/mol. The van der Waals surface area contributed by atoms with E-state index in [2.05, 4.69) is 20.3 Å². The van der Waals surface area contributed by atoms with Crippen LogP contribution in [0.4, 0.5) is 64.8 Å². The van der Waals surface area contributed by atoms with Crippen molar-refractivity contribution >= 4 is 46.7 Å². The van der Waals surface area contributed by atoms with Crippen LogP contribution in [0, 0.1) is 42.2 Å². The molecule has 5 fully saturated rings. The molecule has 0 bridgehead atoms. The molecule has 0 spiro atoms. The normalized spacial score (nSPS) is 15.8. The molecule has 5 aromatic carbocycles. The molecule has 100 heavy (non-hydrogen) atoms. The van der Waals surface area contributed by atoms with Gasteiger partial charge in [-0.05, 0) is 159 Å². The van der Waals surface area contributed by atoms with Crippen LogP contribution < -0.4 is 35.1 Å². The van der Waals surface area contributed by atoms with Crippen molar-refractivity contribution in [2.45, 2.75) is 119 Å². The van der Waals surface area contributed by atoms with E-state index in [4.69, 9.17) is 42.3 Å². The molecule has 5 aromatic rings. The number of halogens is 5. The number of anilines is 5. The number of rotatable bonds is 12. The second-order valence-electron chi connectivity index (χ2n) is 27.4. The van der Waals surface area contributed by atoms with Crippen molar-refractivity contribution in [1.82, 2.24) is 25.3 Å². The smallest absolute Gasteiger partial charge is 0.410 e. The summed E-state index contributed by atoms with van der Waals surface area (Å²) in [6.45, 7) is 46.7. The first-order valence-corrected chi connectivity index (χ1v) is 34.0. The minimum Gasteiger partial charge on any atom is -0.444 e. The Hall–Kier alpha value is -8.66. The molecule has 5 heterocycles. The lowest BCUT2D eigenvalue weighted by Gasteiger charge is -2.37. The minimum absolute atomic E-state index is 0.0423. The van der Waals surface area contributed by atoms with Crippen LogP contribution in [0.1, 0.15) is 97.1 Å². The molecule has 0 aromatic heterocycles. The van der Waals surface area contributed by atoms with Gasteiger partial charge in [0, 0.05) is 149 Å². The average molecular weight is 1400 g/mol. The summed E-state index contributed by atoms with van der Waals surface area (Å²) in [5.74, 6) is -1.28. The van der Waals surface area contributed by atoms with E-state index in [-0.39, 0.29) is 67.1 Å². The molecule has 26 heteroatoms. The number of nitrogens with zero attached hydrogens (tertiary/aromatic N) is 10. The number of carbonyl (C=O) groups is 3. The summed E-state index contributed by atoms with van der Waals surface area (Å²) < 4.78 is 90.8. The third-order valence-corrected chi connectivity index (χ3v) is 16.1. The summed E-state index contributed by atoms with van der Waals surface area (Å²) in [4.78, 5) is 57.5. The van der Waals surface area contributed by atoms with Crippen LogP contribution in [0.3, 0.4) is 0 Å². The standard InChI is InChI=1S/C18H27FN2O3.C17H22FN3O2.C16H23FN2O3.C12H14FN3.C11H15FN2O/c1-5-23-13-14-6-7-15(19)16(12-14)20-8-10-21(11-9-20)17(22)24-18(2,3)4;1-17(2,3)23-16(22)21-9-7-20(8-10-21)15-11-13(12-19-4)5-6-14(15)18;1-16(2,3)22-15(21)19-8-6-18(7-9-19)14-10-12(11-20)4-5-13(14)17;1-14-9-10-2-3-11(13)12(8-10)16-6-4-15-5-7-16;12-10-2-1-9(8-15)7-11(10)14-5-3-13-4-6-14/h6-7,12H,5,8-11,13H2,1-4H3;5-6,11H,7-10,12H2,1-3H3;4-5,10,20H,6-9,11H2,1-3H3;2-3,8,15H,4-7,9H2;1-2,7,13,15H,3-6,8H2. The summed E-state index contributed by atoms with van der Waals surface area (Å²) in [7, 11) is 0. The Balaban J connectivity index is 0.000000199. The van der Waals surface area contributed by atoms with E-state index in [0.29, 0.717) is 132 Å². The minimum atomic E-state index is -0.519. The van der Waals surface area contributed by atoms with E-state index in [0.717, 1.165) is 74.6 Å². The highest BCUT2D eigenvalue weighted by atomic mass is 19.1. The van der Waals surface area contributed by atoms with Crippen molar-refractivity contribution in [3.8, 4) is 0 Å². The number of amides is 3. The van der Waals surface area contributed by atoms with E-state index in [9.17, 15) is 36.3 Å². The topological polar surface area (TPSA) is 187 Å². The quantitative estimate of drug-likeness (QED) is 0.0524. The van der Waals surface area contributed by atoms with E-state index in [1.165, 1.54) is 30.3 Å². The lowest BCUT2D eigenvalue weighted by molar-refractivity contribution is 0.0230. The highest BCUT2D eigenvalue weighted by molar-refractivity contribution is 5.70. The molecule has 546 valence electrons. The van der Waals surface area contributed by atoms with Crippen molar-refractivity contribution in [3.05, 3.63) is 171 Å². The van der Waals surface area contributed by atoms with E-state index in [1.54, 1.807) is 69.3 Å². The SMILES string of the molecule is CC(C)(C)OC(=O)N1CCN(c2cc(CO)ccc2F)CC1.CCOCc1ccc(F)c(N2CCN(C(=O)OC(C)(C)C)CC2)c1.OCc1ccc(F)c(N2CCNCC2)c1.[C-]#[N+]Cc1ccc(F)c(N2CCN(C(=O)OC(C)(C)C)CC2)c1.[C-]#[N+]Cc1ccc(F)c(N2CCNCC2)c1. The first-order valence-electron chi connectivity index (χ1n) is 34.0. The zero-order chi connectivity index (χ0) is 73.2. The molecule has 0 unspecified atom stereocenters. The van der Waals surface area contributed by atoms with Crippen LogP contribution in [-0.4, -0.2) is 197 Å². The van der Waals surface area contributed by atoms with Gasteiger partial charge in [0.1, 0.15) is 45.9 Å². The second-order valence-corrected chi connectivity index (χ2v) is 27.4. The van der Waals surface area contributed by atoms with Gasteiger partial charge in [-0.3, -0.25) is 0 Å². The zero-order valence-electron chi connectivity index (χ0n) is 59.7. The number of ether oxygens (including phenoxy) is 4. The Labute approximate surface area is 586 Å². The predicted octanol–water partition coefficient (Wildman–Crippen LogP) is 11.5. The van der Waals surface area contributed by atoms with Gasteiger partial charge in [-0.25, -0.2) is 49.5 Å². The first-order chi connectivity index (χ1) is 47.5. The van der Waals surface area contributed by atoms with Crippen molar-refractivity contribution < 1.29 is 65.5 Å². The third-order valence-electron chi connectivity index (χ3n) is 16.1. The molecule has 0 aliphatic carbocycles. The van der Waals surface area contributed by atoms with Gasteiger partial charge in [-0.15, -0.1) is 0 Å². The van der Waals surface area contributed by atoms with Crippen molar-refractivity contribution in [3.63, 3.8) is 0 Å². The van der Waals surface area contributed by atoms with Crippen LogP contribution >= 0.6 is 0 Å². The summed E-state index contributed by atoms with van der Waals surface area (Å²) >= 11 is 0. The lowest BCUT2D eigenvalue weighted by Crippen LogP contribution is -2.50. The first kappa shape index (κ1) is 80.3. The molecule has 5 aliphatic heterocycles. The van der Waals surface area contributed by atoms with Gasteiger partial charge in [0.25, 0.3) is 0 Å². The monoisotopic (exact) mass is 1400 g/mol. The molecular weight excluding hydrogens is 1300 g/mol. The van der Waals surface area contributed by atoms with Crippen molar-refractivity contribution in [2.24, 2.45) is 0 Å². The highest BCUT2D eigenvalue weighted by Crippen LogP contribution is 2.29. The van der Waals surface area contributed by atoms with E-state index < -0.39 is 16.8 Å². The molecule has 0 saturated carbocycles. The fourth-order valence-electron chi connectivity index (χ4n) is 11.1. The van der Waals surface area contributed by atoms with E-state index >= 15 is 0 Å². The zero-order valence-corrected chi connectivity index (χ0v) is 59.7. The Bertz CT molecular complexity index is 3500. The van der Waals surface area contributed by atoms with Crippen LogP contribution in [-0.2, 0) is 51.9 Å². The number of carbonyl (C=O) groups excluding carboxylic acids is 3. The summed E-state index contributed by atoms with van der Waals surface area (Å²) in [5.41, 5.74) is 5.26. The maximum absolute atomic E-state index is 14.2. The summed E-state index contributed by atoms with van der Waals surface area (Å²) in [5, 5.41) is 24.6. The number of aliphatic hydroxyl groups is 2. The Morgan fingerprint density at radius 1 is 0.400 bits per heavy atom. The van der Waals surface area contributed by atoms with Gasteiger partial charge in [-0.1, -0.05) is 18.2 Å². The highest BCUT2D eigenvalue weighted by Gasteiger charge is 2.31. The number of hydrogen-bond acceptors (Lipinski definition) is 16. The van der Waals surface area contributed by atoms with Crippen LogP contribution in [0.2, 0.25) is 0 Å². The molecular formula is C74H101F5N12O9. The molecule has 21 nitrogen and oxygen atoms in total. The van der Waals surface area contributed by atoms with Crippen molar-refractivity contribution in [2.75, 3.05) is 162 Å². The molecule has 0 atom stereocenters. The van der Waals surface area contributed by atoms with Crippen LogP contribution in [0.25, 0.3) is 9.69 Å². The fourth-order valence-corrected chi connectivity index (χ4v) is 11.1. The largest absolute Gasteiger partial charge is 0.444 e. The number of hydrogen-bond donors (Lipinski definition) is 4. The second kappa shape index (κ2) is 38.8. The molecule has 5 aliphatic rings. The van der Waals surface area contributed by atoms with Gasteiger partial charge in [0.05, 0.1) is 48.3 Å². The summed E-state index contributed by atoms with van der Waals surface area (Å²) in [6.07, 6.45) is -0.983. The Kier molecular flexibility index (Phi) is 31.2. The maximum atomic E-state index is 14.2. The number of nitrogens with one attached hydrogen (secondary N) is 2.